The molecule has 0 aliphatic heterocycles. The zero-order chi connectivity index (χ0) is 24.6. The predicted molar refractivity (Wildman–Crippen MR) is 122 cm³/mol. The minimum Gasteiger partial charge on any atom is -0.744 e. The maximum Gasteiger partial charge on any atom is 1.00 e. The van der Waals surface area contributed by atoms with Gasteiger partial charge in [-0.25, -0.2) is 16.8 Å². The first-order valence-corrected chi connectivity index (χ1v) is 12.3. The van der Waals surface area contributed by atoms with E-state index in [0.29, 0.717) is 10.8 Å². The number of benzene rings is 3. The molecule has 0 aliphatic carbocycles. The zero-order valence-corrected chi connectivity index (χ0v) is 25.6. The predicted octanol–water partition coefficient (Wildman–Crippen LogP) is -2.50. The Hall–Kier alpha value is -1.17. The van der Waals surface area contributed by atoms with Crippen LogP contribution < -0.4 is 70.2 Å². The van der Waals surface area contributed by atoms with Crippen LogP contribution >= 0.6 is 15.9 Å². The first kappa shape index (κ1) is 31.9. The second-order valence-corrected chi connectivity index (χ2v) is 10.2. The molecule has 1 amide bonds. The van der Waals surface area contributed by atoms with Gasteiger partial charge in [-0.3, -0.25) is 4.79 Å². The summed E-state index contributed by atoms with van der Waals surface area (Å²) in [5.41, 5.74) is 5.79. The van der Waals surface area contributed by atoms with Gasteiger partial charge in [0.25, 0.3) is 5.91 Å². The number of halogens is 1. The number of fused-ring (bicyclic) bond motifs is 1. The van der Waals surface area contributed by atoms with E-state index < -0.39 is 35.9 Å². The minimum absolute atomic E-state index is 0. The van der Waals surface area contributed by atoms with E-state index in [-0.39, 0.29) is 86.3 Å². The monoisotopic (exact) mass is 598 g/mol. The van der Waals surface area contributed by atoms with Crippen molar-refractivity contribution in [1.82, 2.24) is 0 Å². The van der Waals surface area contributed by atoms with E-state index in [9.17, 15) is 30.7 Å². The summed E-state index contributed by atoms with van der Waals surface area (Å²) in [6, 6.07) is 9.77. The molecule has 172 valence electrons. The Bertz CT molecular complexity index is 1560. The van der Waals surface area contributed by atoms with Crippen LogP contribution in [0.2, 0.25) is 0 Å². The third kappa shape index (κ3) is 7.90. The van der Waals surface area contributed by atoms with Gasteiger partial charge in [0.2, 0.25) is 0 Å². The van der Waals surface area contributed by atoms with Crippen LogP contribution in [-0.2, 0) is 25.0 Å². The molecule has 0 bridgehead atoms. The molecule has 0 radical (unpaired) electrons. The van der Waals surface area contributed by atoms with Gasteiger partial charge in [0.1, 0.15) is 31.6 Å². The minimum atomic E-state index is -5.01. The largest absolute Gasteiger partial charge is 1.00 e. The van der Waals surface area contributed by atoms with Gasteiger partial charge in [-0.15, -0.1) is 10.2 Å². The van der Waals surface area contributed by atoms with Crippen molar-refractivity contribution in [3.8, 4) is 0 Å². The third-order valence-electron chi connectivity index (χ3n) is 4.27. The van der Waals surface area contributed by atoms with Gasteiger partial charge in [0.15, 0.2) is 0 Å². The molecule has 11 nitrogen and oxygen atoms in total. The summed E-state index contributed by atoms with van der Waals surface area (Å²) in [5, 5.41) is 10.8. The number of nitrogen functional groups attached to an aromatic ring is 1. The Kier molecular flexibility index (Phi) is 11.3. The van der Waals surface area contributed by atoms with Crippen LogP contribution in [-0.4, -0.2) is 31.8 Å². The van der Waals surface area contributed by atoms with E-state index in [0.717, 1.165) is 24.3 Å². The Balaban J connectivity index is 0.00000306. The summed E-state index contributed by atoms with van der Waals surface area (Å²) in [5.74, 6) is -0.651. The molecule has 3 aromatic rings. The third-order valence-corrected chi connectivity index (χ3v) is 6.33. The molecule has 35 heavy (non-hydrogen) atoms. The fourth-order valence-electron chi connectivity index (χ4n) is 2.75. The number of azo groups is 1. The Morgan fingerprint density at radius 2 is 1.60 bits per heavy atom. The second-order valence-electron chi connectivity index (χ2n) is 6.54. The molecule has 0 heterocycles. The van der Waals surface area contributed by atoms with Crippen molar-refractivity contribution >= 4 is 75.6 Å². The molecule has 0 atom stereocenters. The van der Waals surface area contributed by atoms with Crippen molar-refractivity contribution in [3.05, 3.63) is 59.6 Å². The Morgan fingerprint density at radius 1 is 0.943 bits per heavy atom. The van der Waals surface area contributed by atoms with E-state index in [1.807, 2.05) is 0 Å². The number of hydrogen-bond acceptors (Lipinski definition) is 10. The summed E-state index contributed by atoms with van der Waals surface area (Å²) >= 11 is 2.88. The first-order valence-electron chi connectivity index (χ1n) is 8.73. The van der Waals surface area contributed by atoms with Crippen molar-refractivity contribution in [2.45, 2.75) is 9.79 Å². The first-order chi connectivity index (χ1) is 15.3. The van der Waals surface area contributed by atoms with Crippen molar-refractivity contribution in [2.75, 3.05) is 11.1 Å². The number of carbonyl (C=O) groups excluding carboxylic acids is 1. The second kappa shape index (κ2) is 12.4. The molecular formula is C19H13BrN4Na2O7S2. The molecule has 3 rings (SSSR count). The van der Waals surface area contributed by atoms with Crippen molar-refractivity contribution in [2.24, 2.45) is 10.2 Å². The number of nitrogens with zero attached hydrogens (tertiary/aromatic N) is 2. The zero-order valence-electron chi connectivity index (χ0n) is 18.3. The van der Waals surface area contributed by atoms with Crippen LogP contribution in [0.15, 0.2) is 79.6 Å². The molecule has 0 saturated heterocycles. The van der Waals surface area contributed by atoms with Gasteiger partial charge < -0.3 is 20.2 Å². The summed E-state index contributed by atoms with van der Waals surface area (Å²) < 4.78 is 69.0. The maximum absolute atomic E-state index is 11.7. The van der Waals surface area contributed by atoms with Crippen LogP contribution in [0.5, 0.6) is 0 Å². The Labute approximate surface area is 253 Å². The molecule has 0 aromatic heterocycles. The van der Waals surface area contributed by atoms with Crippen LogP contribution in [0.3, 0.4) is 0 Å². The van der Waals surface area contributed by atoms with Gasteiger partial charge in [0.05, 0.1) is 20.0 Å². The molecule has 0 saturated carbocycles. The fraction of sp³-hybridized carbons (Fsp3) is 0. The standard InChI is InChI=1S/C19H15BrN4O7S2.2Na/c1-10(20)19(25)22-12-3-7-16(17(9-12)33(29,30)31)23-24-18-14-5-4-13(32(26,27)28)8-11(14)2-6-15(18)21;;/h2-9H,1,21H2,(H,22,25)(H,26,27,28)(H,29,30,31);;/q;2*+1/p-2. The molecule has 0 spiro atoms. The number of amides is 1. The summed E-state index contributed by atoms with van der Waals surface area (Å²) in [4.78, 5) is 10.5. The van der Waals surface area contributed by atoms with E-state index >= 15 is 0 Å². The number of nitrogens with one attached hydrogen (secondary N) is 1. The van der Waals surface area contributed by atoms with E-state index in [1.165, 1.54) is 24.3 Å². The number of nitrogens with two attached hydrogens (primary N) is 1. The fourth-order valence-corrected chi connectivity index (χ4v) is 3.99. The van der Waals surface area contributed by atoms with Gasteiger partial charge in [0, 0.05) is 11.1 Å². The number of rotatable bonds is 6. The van der Waals surface area contributed by atoms with Gasteiger partial charge >= 0.3 is 59.1 Å². The van der Waals surface area contributed by atoms with Crippen molar-refractivity contribution < 1.29 is 89.9 Å². The average molecular weight is 599 g/mol. The normalized spacial score (nSPS) is 11.5. The molecular weight excluding hydrogens is 586 g/mol. The summed E-state index contributed by atoms with van der Waals surface area (Å²) in [6.07, 6.45) is 0. The van der Waals surface area contributed by atoms with E-state index in [4.69, 9.17) is 5.73 Å². The van der Waals surface area contributed by atoms with Gasteiger partial charge in [-0.1, -0.05) is 18.7 Å². The van der Waals surface area contributed by atoms with Crippen LogP contribution in [0.1, 0.15) is 0 Å². The molecule has 3 N–H and O–H groups in total. The molecule has 3 aromatic carbocycles. The maximum atomic E-state index is 11.7. The van der Waals surface area contributed by atoms with Gasteiger partial charge in [-0.2, -0.15) is 0 Å². The van der Waals surface area contributed by atoms with Crippen LogP contribution in [0.25, 0.3) is 10.8 Å². The van der Waals surface area contributed by atoms with E-state index in [2.05, 4.69) is 38.1 Å². The van der Waals surface area contributed by atoms with Crippen molar-refractivity contribution in [3.63, 3.8) is 0 Å². The quantitative estimate of drug-likeness (QED) is 0.102. The van der Waals surface area contributed by atoms with Gasteiger partial charge in [-0.05, 0) is 57.7 Å². The number of anilines is 2. The van der Waals surface area contributed by atoms with Crippen LogP contribution in [0.4, 0.5) is 22.7 Å². The summed E-state index contributed by atoms with van der Waals surface area (Å²) in [7, 11) is -9.70. The molecule has 0 unspecified atom stereocenters. The van der Waals surface area contributed by atoms with Crippen molar-refractivity contribution in [1.29, 1.82) is 0 Å². The topological polar surface area (TPSA) is 194 Å². The van der Waals surface area contributed by atoms with Crippen LogP contribution in [0, 0.1) is 0 Å². The SMILES string of the molecule is C=C(Br)C(=O)Nc1ccc(N=Nc2c(N)ccc3cc(S(=O)(=O)[O-])ccc23)c(S(=O)(=O)[O-])c1.[Na+].[Na+]. The smallest absolute Gasteiger partial charge is 0.744 e. The average Bonchev–Trinajstić information content (AvgIpc) is 2.71. The number of hydrogen-bond donors (Lipinski definition) is 2. The molecule has 0 fully saturated rings. The Morgan fingerprint density at radius 3 is 2.17 bits per heavy atom. The molecule has 0 aliphatic rings. The number of carbonyl (C=O) groups is 1. The molecule has 16 heteroatoms. The summed E-state index contributed by atoms with van der Waals surface area (Å²) in [6.45, 7) is 3.38. The van der Waals surface area contributed by atoms with E-state index in [1.54, 1.807) is 0 Å².